The van der Waals surface area contributed by atoms with Gasteiger partial charge in [0.1, 0.15) is 5.82 Å². The van der Waals surface area contributed by atoms with Crippen LogP contribution in [0.5, 0.6) is 0 Å². The molecule has 5 heteroatoms. The van der Waals surface area contributed by atoms with E-state index in [0.29, 0.717) is 15.7 Å². The molecule has 0 heterocycles. The molecule has 3 nitrogen and oxygen atoms in total. The number of carbonyl (C=O) groups is 1. The first-order chi connectivity index (χ1) is 9.51. The summed E-state index contributed by atoms with van der Waals surface area (Å²) >= 11 is 3.16. The Morgan fingerprint density at radius 3 is 2.70 bits per heavy atom. The highest BCUT2D eigenvalue weighted by Gasteiger charge is 2.15. The molecule has 20 heavy (non-hydrogen) atoms. The molecule has 100 valence electrons. The number of nitrogens with zero attached hydrogens (tertiary/aromatic N) is 2. The largest absolute Gasteiger partial charge is 0.311 e. The molecule has 0 aliphatic heterocycles. The van der Waals surface area contributed by atoms with Crippen LogP contribution in [0.2, 0.25) is 0 Å². The van der Waals surface area contributed by atoms with E-state index in [1.54, 1.807) is 37.4 Å². The van der Waals surface area contributed by atoms with E-state index in [-0.39, 0.29) is 11.5 Å². The quantitative estimate of drug-likeness (QED) is 0.840. The normalized spacial score (nSPS) is 9.90. The summed E-state index contributed by atoms with van der Waals surface area (Å²) in [5.74, 6) is -0.831. The van der Waals surface area contributed by atoms with Gasteiger partial charge >= 0.3 is 0 Å². The predicted octanol–water partition coefficient (Wildman–Crippen LogP) is 3.74. The molecule has 0 fully saturated rings. The second-order valence-electron chi connectivity index (χ2n) is 4.18. The van der Waals surface area contributed by atoms with E-state index in [1.807, 2.05) is 6.07 Å². The number of nitriles is 1. The van der Waals surface area contributed by atoms with Crippen LogP contribution in [-0.4, -0.2) is 13.0 Å². The number of carbonyl (C=O) groups excluding carboxylic acids is 1. The van der Waals surface area contributed by atoms with Gasteiger partial charge in [-0.15, -0.1) is 0 Å². The Kier molecular flexibility index (Phi) is 4.16. The molecule has 0 N–H and O–H groups in total. The van der Waals surface area contributed by atoms with Gasteiger partial charge in [0.05, 0.1) is 11.6 Å². The van der Waals surface area contributed by atoms with Crippen LogP contribution in [0.25, 0.3) is 0 Å². The zero-order chi connectivity index (χ0) is 14.7. The molecule has 0 radical (unpaired) electrons. The van der Waals surface area contributed by atoms with Crippen LogP contribution < -0.4 is 4.90 Å². The van der Waals surface area contributed by atoms with Gasteiger partial charge in [0.15, 0.2) is 0 Å². The highest BCUT2D eigenvalue weighted by atomic mass is 79.9. The smallest absolute Gasteiger partial charge is 0.258 e. The van der Waals surface area contributed by atoms with Crippen LogP contribution in [0.4, 0.5) is 10.1 Å². The molecule has 0 saturated heterocycles. The maximum Gasteiger partial charge on any atom is 0.258 e. The van der Waals surface area contributed by atoms with E-state index in [4.69, 9.17) is 5.26 Å². The molecule has 2 rings (SSSR count). The predicted molar refractivity (Wildman–Crippen MR) is 78.0 cm³/mol. The fraction of sp³-hybridized carbons (Fsp3) is 0.0667. The maximum atomic E-state index is 13.3. The van der Waals surface area contributed by atoms with Gasteiger partial charge in [0, 0.05) is 22.8 Å². The zero-order valence-electron chi connectivity index (χ0n) is 10.6. The number of rotatable bonds is 2. The average molecular weight is 333 g/mol. The highest BCUT2D eigenvalue weighted by molar-refractivity contribution is 9.10. The fourth-order valence-corrected chi connectivity index (χ4v) is 2.24. The van der Waals surface area contributed by atoms with Gasteiger partial charge in [-0.25, -0.2) is 4.39 Å². The Hall–Kier alpha value is -2.19. The number of halogens is 2. The van der Waals surface area contributed by atoms with Crippen LogP contribution in [0.15, 0.2) is 46.9 Å². The van der Waals surface area contributed by atoms with E-state index in [9.17, 15) is 9.18 Å². The molecule has 0 aromatic heterocycles. The van der Waals surface area contributed by atoms with Crippen molar-refractivity contribution in [1.82, 2.24) is 0 Å². The summed E-state index contributed by atoms with van der Waals surface area (Å²) < 4.78 is 13.8. The van der Waals surface area contributed by atoms with Gasteiger partial charge in [-0.05, 0) is 36.4 Å². The van der Waals surface area contributed by atoms with E-state index in [0.717, 1.165) is 0 Å². The van der Waals surface area contributed by atoms with Crippen molar-refractivity contribution in [2.75, 3.05) is 11.9 Å². The minimum absolute atomic E-state index is 0.238. The van der Waals surface area contributed by atoms with E-state index < -0.39 is 5.82 Å². The van der Waals surface area contributed by atoms with Crippen LogP contribution in [-0.2, 0) is 0 Å². The van der Waals surface area contributed by atoms with Gasteiger partial charge in [-0.2, -0.15) is 5.26 Å². The lowest BCUT2D eigenvalue weighted by Gasteiger charge is -2.17. The maximum absolute atomic E-state index is 13.3. The standard InChI is InChI=1S/C15H10BrFN2O/c1-19(14-4-2-3-10(5-14)9-18)15(20)11-6-12(16)8-13(17)7-11/h2-8H,1H3. The van der Waals surface area contributed by atoms with Crippen LogP contribution in [0, 0.1) is 17.1 Å². The van der Waals surface area contributed by atoms with Crippen LogP contribution >= 0.6 is 15.9 Å². The molecule has 0 unspecified atom stereocenters. The first-order valence-corrected chi connectivity index (χ1v) is 6.55. The third-order valence-corrected chi connectivity index (χ3v) is 3.23. The molecular weight excluding hydrogens is 323 g/mol. The van der Waals surface area contributed by atoms with E-state index in [2.05, 4.69) is 15.9 Å². The summed E-state index contributed by atoms with van der Waals surface area (Å²) in [5, 5.41) is 8.86. The molecule has 0 atom stereocenters. The molecule has 0 spiro atoms. The highest BCUT2D eigenvalue weighted by Crippen LogP contribution is 2.20. The van der Waals surface area contributed by atoms with E-state index >= 15 is 0 Å². The lowest BCUT2D eigenvalue weighted by Crippen LogP contribution is -2.26. The first kappa shape index (κ1) is 14.2. The Morgan fingerprint density at radius 2 is 2.05 bits per heavy atom. The van der Waals surface area contributed by atoms with Crippen LogP contribution in [0.3, 0.4) is 0 Å². The van der Waals surface area contributed by atoms with Gasteiger partial charge in [-0.3, -0.25) is 4.79 Å². The van der Waals surface area contributed by atoms with Crippen molar-refractivity contribution < 1.29 is 9.18 Å². The minimum Gasteiger partial charge on any atom is -0.311 e. The van der Waals surface area contributed by atoms with Crippen molar-refractivity contribution in [2.45, 2.75) is 0 Å². The van der Waals surface area contributed by atoms with Gasteiger partial charge in [0.25, 0.3) is 5.91 Å². The SMILES string of the molecule is CN(C(=O)c1cc(F)cc(Br)c1)c1cccc(C#N)c1. The number of hydrogen-bond donors (Lipinski definition) is 0. The Morgan fingerprint density at radius 1 is 1.30 bits per heavy atom. The van der Waals surface area contributed by atoms with Crippen molar-refractivity contribution in [3.63, 3.8) is 0 Å². The third kappa shape index (κ3) is 3.03. The summed E-state index contributed by atoms with van der Waals surface area (Å²) in [6.07, 6.45) is 0. The lowest BCUT2D eigenvalue weighted by molar-refractivity contribution is 0.0992. The van der Waals surface area contributed by atoms with Crippen molar-refractivity contribution in [1.29, 1.82) is 5.26 Å². The van der Waals surface area contributed by atoms with Gasteiger partial charge < -0.3 is 4.90 Å². The lowest BCUT2D eigenvalue weighted by atomic mass is 10.1. The molecule has 0 aliphatic rings. The summed E-state index contributed by atoms with van der Waals surface area (Å²) in [6.45, 7) is 0. The molecule has 2 aromatic carbocycles. The molecule has 0 aliphatic carbocycles. The zero-order valence-corrected chi connectivity index (χ0v) is 12.2. The van der Waals surface area contributed by atoms with Crippen molar-refractivity contribution in [3.8, 4) is 6.07 Å². The second kappa shape index (κ2) is 5.85. The second-order valence-corrected chi connectivity index (χ2v) is 5.10. The van der Waals surface area contributed by atoms with Gasteiger partial charge in [0.2, 0.25) is 0 Å². The molecule has 0 saturated carbocycles. The topological polar surface area (TPSA) is 44.1 Å². The Bertz CT molecular complexity index is 689. The number of anilines is 1. The minimum atomic E-state index is -0.484. The summed E-state index contributed by atoms with van der Waals surface area (Å²) in [4.78, 5) is 13.7. The van der Waals surface area contributed by atoms with Crippen molar-refractivity contribution >= 4 is 27.5 Å². The monoisotopic (exact) mass is 332 g/mol. The fourth-order valence-electron chi connectivity index (χ4n) is 1.77. The van der Waals surface area contributed by atoms with E-state index in [1.165, 1.54) is 17.0 Å². The molecule has 0 bridgehead atoms. The molecule has 2 aromatic rings. The summed E-state index contributed by atoms with van der Waals surface area (Å²) in [5.41, 5.74) is 1.28. The van der Waals surface area contributed by atoms with Gasteiger partial charge in [-0.1, -0.05) is 22.0 Å². The number of benzene rings is 2. The third-order valence-electron chi connectivity index (χ3n) is 2.78. The van der Waals surface area contributed by atoms with Crippen LogP contribution in [0.1, 0.15) is 15.9 Å². The first-order valence-electron chi connectivity index (χ1n) is 5.75. The number of amides is 1. The summed E-state index contributed by atoms with van der Waals surface area (Å²) in [6, 6.07) is 12.7. The van der Waals surface area contributed by atoms with Crippen molar-refractivity contribution in [2.24, 2.45) is 0 Å². The Balaban J connectivity index is 2.35. The summed E-state index contributed by atoms with van der Waals surface area (Å²) in [7, 11) is 1.58. The van der Waals surface area contributed by atoms with Crippen molar-refractivity contribution in [3.05, 3.63) is 63.9 Å². The average Bonchev–Trinajstić information content (AvgIpc) is 2.44. The number of hydrogen-bond acceptors (Lipinski definition) is 2. The molecular formula is C15H10BrFN2O. The molecule has 1 amide bonds. The Labute approximate surface area is 124 Å².